The number of rotatable bonds is 9. The van der Waals surface area contributed by atoms with E-state index >= 15 is 0 Å². The summed E-state index contributed by atoms with van der Waals surface area (Å²) >= 11 is 0. The Morgan fingerprint density at radius 3 is 1.88 bits per heavy atom. The van der Waals surface area contributed by atoms with Crippen LogP contribution in [0.25, 0.3) is 22.1 Å². The zero-order valence-electron chi connectivity index (χ0n) is 27.0. The van der Waals surface area contributed by atoms with Crippen molar-refractivity contribution in [3.05, 3.63) is 126 Å². The van der Waals surface area contributed by atoms with Crippen LogP contribution in [-0.4, -0.2) is 76.0 Å². The Labute approximate surface area is 281 Å². The van der Waals surface area contributed by atoms with E-state index in [1.54, 1.807) is 91.0 Å². The van der Waals surface area contributed by atoms with E-state index in [4.69, 9.17) is 18.9 Å². The molecule has 0 unspecified atom stereocenters. The summed E-state index contributed by atoms with van der Waals surface area (Å²) < 4.78 is 28.5. The number of ether oxygens (including phenoxy) is 4. The van der Waals surface area contributed by atoms with Crippen LogP contribution in [0.3, 0.4) is 0 Å². The third kappa shape index (κ3) is 5.98. The number of hydrogen-bond acceptors (Lipinski definition) is 10. The fourth-order valence-electron chi connectivity index (χ4n) is 6.15. The fourth-order valence-corrected chi connectivity index (χ4v) is 6.15. The van der Waals surface area contributed by atoms with Crippen molar-refractivity contribution in [2.24, 2.45) is 7.05 Å². The zero-order chi connectivity index (χ0) is 34.1. The molecule has 4 atom stereocenters. The Hall–Kier alpha value is -6.01. The van der Waals surface area contributed by atoms with E-state index in [0.717, 1.165) is 16.4 Å². The highest BCUT2D eigenvalue weighted by atomic mass is 16.7. The van der Waals surface area contributed by atoms with E-state index < -0.39 is 42.4 Å². The van der Waals surface area contributed by atoms with Gasteiger partial charge in [-0.1, -0.05) is 54.6 Å². The fraction of sp³-hybridized carbons (Fsp3) is 0.216. The molecule has 0 N–H and O–H groups in total. The van der Waals surface area contributed by atoms with Crippen LogP contribution in [0.5, 0.6) is 0 Å². The second kappa shape index (κ2) is 13.2. The molecule has 1 fully saturated rings. The van der Waals surface area contributed by atoms with Gasteiger partial charge in [0.1, 0.15) is 30.5 Å². The van der Waals surface area contributed by atoms with Crippen LogP contribution < -0.4 is 4.90 Å². The molecule has 1 aliphatic heterocycles. The van der Waals surface area contributed by atoms with E-state index in [1.807, 2.05) is 47.4 Å². The quantitative estimate of drug-likeness (QED) is 0.151. The average molecular weight is 660 g/mol. The molecule has 0 saturated carbocycles. The first-order valence-corrected chi connectivity index (χ1v) is 15.7. The number of esters is 3. The minimum Gasteiger partial charge on any atom is -0.459 e. The Morgan fingerprint density at radius 2 is 1.31 bits per heavy atom. The minimum atomic E-state index is -1.20. The van der Waals surface area contributed by atoms with Gasteiger partial charge >= 0.3 is 17.9 Å². The summed E-state index contributed by atoms with van der Waals surface area (Å²) in [6, 6.07) is 27.4. The molecular weight excluding hydrogens is 626 g/mol. The van der Waals surface area contributed by atoms with Crippen LogP contribution in [0.2, 0.25) is 0 Å². The molecule has 3 aromatic carbocycles. The number of aromatic nitrogens is 4. The smallest absolute Gasteiger partial charge is 0.338 e. The molecule has 0 radical (unpaired) electrons. The molecule has 3 aromatic heterocycles. The monoisotopic (exact) mass is 659 g/mol. The van der Waals surface area contributed by atoms with Gasteiger partial charge in [0.25, 0.3) is 0 Å². The molecule has 6 aromatic rings. The summed E-state index contributed by atoms with van der Waals surface area (Å²) in [5.74, 6) is -1.22. The average Bonchev–Trinajstić information content (AvgIpc) is 3.78. The maximum atomic E-state index is 13.7. The summed E-state index contributed by atoms with van der Waals surface area (Å²) in [4.78, 5) is 51.4. The molecule has 0 aliphatic carbocycles. The van der Waals surface area contributed by atoms with Crippen LogP contribution in [0.4, 0.5) is 5.82 Å². The largest absolute Gasteiger partial charge is 0.459 e. The summed E-state index contributed by atoms with van der Waals surface area (Å²) in [5, 5.41) is 0.753. The Balaban J connectivity index is 1.35. The Kier molecular flexibility index (Phi) is 8.54. The van der Waals surface area contributed by atoms with Crippen LogP contribution >= 0.6 is 0 Å². The predicted molar refractivity (Wildman–Crippen MR) is 180 cm³/mol. The number of fused-ring (bicyclic) bond motifs is 3. The molecule has 4 heterocycles. The van der Waals surface area contributed by atoms with Gasteiger partial charge in [0.15, 0.2) is 18.4 Å². The van der Waals surface area contributed by atoms with Gasteiger partial charge in [0, 0.05) is 27.3 Å². The number of benzene rings is 3. The number of hydrogen-bond donors (Lipinski definition) is 0. The topological polar surface area (TPSA) is 127 Å². The predicted octanol–water partition coefficient (Wildman–Crippen LogP) is 5.19. The molecule has 248 valence electrons. The van der Waals surface area contributed by atoms with Crippen LogP contribution in [0.15, 0.2) is 110 Å². The molecule has 49 heavy (non-hydrogen) atoms. The highest BCUT2D eigenvalue weighted by molar-refractivity contribution is 6.10. The lowest BCUT2D eigenvalue weighted by Crippen LogP contribution is -2.41. The number of anilines is 1. The molecule has 0 spiro atoms. The van der Waals surface area contributed by atoms with Gasteiger partial charge in [0.2, 0.25) is 0 Å². The summed E-state index contributed by atoms with van der Waals surface area (Å²) in [5.41, 5.74) is 3.00. The van der Waals surface area contributed by atoms with Crippen molar-refractivity contribution in [1.82, 2.24) is 19.1 Å². The molecule has 1 saturated heterocycles. The van der Waals surface area contributed by atoms with Crippen molar-refractivity contribution >= 4 is 45.8 Å². The van der Waals surface area contributed by atoms with Gasteiger partial charge in [-0.15, -0.1) is 0 Å². The lowest BCUT2D eigenvalue weighted by Gasteiger charge is -2.25. The van der Waals surface area contributed by atoms with Gasteiger partial charge in [0.05, 0.1) is 33.1 Å². The molecule has 12 nitrogen and oxygen atoms in total. The summed E-state index contributed by atoms with van der Waals surface area (Å²) in [7, 11) is 5.69. The van der Waals surface area contributed by atoms with Gasteiger partial charge < -0.3 is 28.4 Å². The molecule has 0 bridgehead atoms. The number of carbonyl (C=O) groups is 3. The van der Waals surface area contributed by atoms with Crippen LogP contribution in [0, 0.1) is 0 Å². The zero-order valence-corrected chi connectivity index (χ0v) is 27.0. The van der Waals surface area contributed by atoms with Crippen molar-refractivity contribution in [3.63, 3.8) is 0 Å². The lowest BCUT2D eigenvalue weighted by molar-refractivity contribution is -0.0588. The second-order valence-electron chi connectivity index (χ2n) is 11.8. The van der Waals surface area contributed by atoms with Crippen molar-refractivity contribution in [2.75, 3.05) is 25.6 Å². The summed E-state index contributed by atoms with van der Waals surface area (Å²) in [6.07, 6.45) is -1.13. The van der Waals surface area contributed by atoms with Gasteiger partial charge in [-0.2, -0.15) is 0 Å². The first-order valence-electron chi connectivity index (χ1n) is 15.7. The number of carbonyl (C=O) groups excluding carboxylic acids is 3. The van der Waals surface area contributed by atoms with E-state index in [-0.39, 0.29) is 6.61 Å². The Bertz CT molecular complexity index is 2130. The van der Waals surface area contributed by atoms with Gasteiger partial charge in [-0.25, -0.2) is 24.4 Å². The number of nitrogens with zero attached hydrogens (tertiary/aromatic N) is 5. The first kappa shape index (κ1) is 31.6. The Morgan fingerprint density at radius 1 is 0.755 bits per heavy atom. The van der Waals surface area contributed by atoms with Crippen LogP contribution in [0.1, 0.15) is 37.3 Å². The van der Waals surface area contributed by atoms with E-state index in [2.05, 4.69) is 9.97 Å². The highest BCUT2D eigenvalue weighted by Crippen LogP contribution is 2.42. The first-order chi connectivity index (χ1) is 23.8. The minimum absolute atomic E-state index is 0.291. The standard InChI is InChI=1S/C37H33N5O7/c1-40(2)32-28-29-26(19-20-41(29)3)42(33(28)39-22-38-32)34-31(49-37(45)25-17-11-6-12-18-25)30(48-36(44)24-15-9-5-10-16-24)27(47-34)21-46-35(43)23-13-7-4-8-14-23/h4-20,22,27,30-31,34H,21H2,1-3H3/t27-,30-,31-,34-/m1/s1. The maximum Gasteiger partial charge on any atom is 0.338 e. The number of aryl methyl sites for hydroxylation is 1. The van der Waals surface area contributed by atoms with Gasteiger partial charge in [-0.3, -0.25) is 4.57 Å². The van der Waals surface area contributed by atoms with Crippen molar-refractivity contribution in [3.8, 4) is 0 Å². The molecule has 1 aliphatic rings. The molecule has 12 heteroatoms. The molecule has 7 rings (SSSR count). The highest BCUT2D eigenvalue weighted by Gasteiger charge is 2.52. The van der Waals surface area contributed by atoms with E-state index in [1.165, 1.54) is 6.33 Å². The molecule has 0 amide bonds. The van der Waals surface area contributed by atoms with Crippen LogP contribution in [-0.2, 0) is 26.0 Å². The van der Waals surface area contributed by atoms with Crippen molar-refractivity contribution < 1.29 is 33.3 Å². The lowest BCUT2D eigenvalue weighted by atomic mass is 10.1. The molecular formula is C37H33N5O7. The third-order valence-corrected chi connectivity index (χ3v) is 8.44. The third-order valence-electron chi connectivity index (χ3n) is 8.44. The van der Waals surface area contributed by atoms with E-state index in [0.29, 0.717) is 28.2 Å². The summed E-state index contributed by atoms with van der Waals surface area (Å²) in [6.45, 7) is -0.300. The second-order valence-corrected chi connectivity index (χ2v) is 11.8. The maximum absolute atomic E-state index is 13.7. The van der Waals surface area contributed by atoms with Crippen molar-refractivity contribution in [1.29, 1.82) is 0 Å². The normalized spacial score (nSPS) is 18.8. The van der Waals surface area contributed by atoms with Gasteiger partial charge in [-0.05, 0) is 42.5 Å². The SMILES string of the molecule is CN(C)c1ncnc2c1c1c(ccn1C)n2[C@@H]1O[C@H](COC(=O)c2ccccc2)[C@@H](OC(=O)c2ccccc2)[C@H]1OC(=O)c1ccccc1. The van der Waals surface area contributed by atoms with E-state index in [9.17, 15) is 14.4 Å². The van der Waals surface area contributed by atoms with Crippen molar-refractivity contribution in [2.45, 2.75) is 24.5 Å².